The van der Waals surface area contributed by atoms with Crippen LogP contribution in [0.15, 0.2) is 18.2 Å². The van der Waals surface area contributed by atoms with E-state index in [1.165, 1.54) is 25.7 Å². The molecule has 110 valence electrons. The zero-order chi connectivity index (χ0) is 13.9. The molecule has 0 radical (unpaired) electrons. The lowest BCUT2D eigenvalue weighted by Crippen LogP contribution is -2.31. The van der Waals surface area contributed by atoms with Gasteiger partial charge in [0.05, 0.1) is 6.61 Å². The lowest BCUT2D eigenvalue weighted by molar-refractivity contribution is 0.205. The molecule has 20 heavy (non-hydrogen) atoms. The first-order valence-corrected chi connectivity index (χ1v) is 7.56. The Morgan fingerprint density at radius 2 is 2.10 bits per heavy atom. The Labute approximate surface area is 120 Å². The Hall–Kier alpha value is -1.13. The summed E-state index contributed by atoms with van der Waals surface area (Å²) in [4.78, 5) is 2.32. The van der Waals surface area contributed by atoms with E-state index >= 15 is 0 Å². The van der Waals surface area contributed by atoms with Gasteiger partial charge in [0.15, 0.2) is 0 Å². The molecule has 4 heteroatoms. The number of ether oxygens (including phenoxy) is 1. The Balaban J connectivity index is 1.79. The molecule has 0 unspecified atom stereocenters. The molecule has 2 saturated carbocycles. The molecule has 2 fully saturated rings. The molecule has 1 aromatic carbocycles. The highest BCUT2D eigenvalue weighted by molar-refractivity contribution is 5.56. The topological polar surface area (TPSA) is 24.5 Å². The molecule has 1 N–H and O–H groups in total. The van der Waals surface area contributed by atoms with E-state index in [1.54, 1.807) is 13.2 Å². The van der Waals surface area contributed by atoms with Gasteiger partial charge in [0.1, 0.15) is 5.82 Å². The fraction of sp³-hybridized carbons (Fsp3) is 0.625. The van der Waals surface area contributed by atoms with Crippen LogP contribution in [-0.4, -0.2) is 32.3 Å². The third kappa shape index (κ3) is 3.30. The Morgan fingerprint density at radius 1 is 1.30 bits per heavy atom. The van der Waals surface area contributed by atoms with Crippen LogP contribution in [0, 0.1) is 5.82 Å². The maximum Gasteiger partial charge on any atom is 0.129 e. The van der Waals surface area contributed by atoms with Gasteiger partial charge in [0.25, 0.3) is 0 Å². The second-order valence-corrected chi connectivity index (χ2v) is 5.81. The van der Waals surface area contributed by atoms with Crippen molar-refractivity contribution in [3.8, 4) is 0 Å². The fourth-order valence-electron chi connectivity index (χ4n) is 2.60. The maximum atomic E-state index is 14.2. The number of hydrogen-bond acceptors (Lipinski definition) is 3. The van der Waals surface area contributed by atoms with Gasteiger partial charge in [-0.15, -0.1) is 0 Å². The number of nitrogens with one attached hydrogen (secondary N) is 1. The van der Waals surface area contributed by atoms with Gasteiger partial charge in [-0.1, -0.05) is 6.07 Å². The van der Waals surface area contributed by atoms with Crippen molar-refractivity contribution in [1.82, 2.24) is 5.32 Å². The Morgan fingerprint density at radius 3 is 2.75 bits per heavy atom. The average molecular weight is 278 g/mol. The van der Waals surface area contributed by atoms with Crippen molar-refractivity contribution in [2.24, 2.45) is 0 Å². The van der Waals surface area contributed by atoms with Crippen LogP contribution in [0.25, 0.3) is 0 Å². The predicted molar refractivity (Wildman–Crippen MR) is 78.5 cm³/mol. The smallest absolute Gasteiger partial charge is 0.129 e. The molecule has 0 aromatic heterocycles. The van der Waals surface area contributed by atoms with Crippen LogP contribution >= 0.6 is 0 Å². The number of halogens is 1. The molecule has 0 atom stereocenters. The van der Waals surface area contributed by atoms with E-state index in [0.29, 0.717) is 25.2 Å². The van der Waals surface area contributed by atoms with E-state index in [1.807, 2.05) is 12.1 Å². The van der Waals surface area contributed by atoms with E-state index in [4.69, 9.17) is 4.74 Å². The van der Waals surface area contributed by atoms with Gasteiger partial charge < -0.3 is 15.0 Å². The highest BCUT2D eigenvalue weighted by atomic mass is 19.1. The highest BCUT2D eigenvalue weighted by Gasteiger charge is 2.31. The quantitative estimate of drug-likeness (QED) is 0.791. The molecule has 3 nitrogen and oxygen atoms in total. The molecule has 2 aliphatic carbocycles. The molecular formula is C16H23FN2O. The van der Waals surface area contributed by atoms with Crippen LogP contribution in [0.4, 0.5) is 10.1 Å². The van der Waals surface area contributed by atoms with E-state index in [2.05, 4.69) is 10.2 Å². The SMILES string of the molecule is COCCN(c1cccc(F)c1CNC1CC1)C1CC1. The Kier molecular flexibility index (Phi) is 4.22. The van der Waals surface area contributed by atoms with Gasteiger partial charge in [0.2, 0.25) is 0 Å². The van der Waals surface area contributed by atoms with E-state index < -0.39 is 0 Å². The molecule has 0 spiro atoms. The van der Waals surface area contributed by atoms with Gasteiger partial charge in [-0.25, -0.2) is 4.39 Å². The van der Waals surface area contributed by atoms with Crippen LogP contribution in [0.5, 0.6) is 0 Å². The van der Waals surface area contributed by atoms with Crippen LogP contribution in [0.1, 0.15) is 31.2 Å². The summed E-state index contributed by atoms with van der Waals surface area (Å²) in [5.41, 5.74) is 1.85. The predicted octanol–water partition coefficient (Wildman–Crippen LogP) is 2.69. The fourth-order valence-corrected chi connectivity index (χ4v) is 2.60. The summed E-state index contributed by atoms with van der Waals surface area (Å²) in [7, 11) is 1.71. The van der Waals surface area contributed by atoms with Gasteiger partial charge in [0, 0.05) is 43.5 Å². The second kappa shape index (κ2) is 6.10. The molecule has 0 bridgehead atoms. The van der Waals surface area contributed by atoms with Crippen LogP contribution in [-0.2, 0) is 11.3 Å². The van der Waals surface area contributed by atoms with Crippen LogP contribution in [0.2, 0.25) is 0 Å². The number of anilines is 1. The van der Waals surface area contributed by atoms with E-state index in [9.17, 15) is 4.39 Å². The zero-order valence-electron chi connectivity index (χ0n) is 12.1. The first kappa shape index (κ1) is 13.8. The first-order valence-electron chi connectivity index (χ1n) is 7.56. The summed E-state index contributed by atoms with van der Waals surface area (Å²) >= 11 is 0. The molecule has 2 aliphatic rings. The largest absolute Gasteiger partial charge is 0.383 e. The van der Waals surface area contributed by atoms with Crippen LogP contribution < -0.4 is 10.2 Å². The average Bonchev–Trinajstić information content (AvgIpc) is 3.32. The molecule has 0 saturated heterocycles. The summed E-state index contributed by atoms with van der Waals surface area (Å²) in [6.45, 7) is 2.15. The van der Waals surface area contributed by atoms with Crippen molar-refractivity contribution < 1.29 is 9.13 Å². The number of nitrogens with zero attached hydrogens (tertiary/aromatic N) is 1. The van der Waals surface area contributed by atoms with E-state index in [-0.39, 0.29) is 5.82 Å². The summed E-state index contributed by atoms with van der Waals surface area (Å²) in [5.74, 6) is -0.0984. The molecule has 0 aliphatic heterocycles. The summed E-state index contributed by atoms with van der Waals surface area (Å²) < 4.78 is 19.4. The van der Waals surface area contributed by atoms with Gasteiger partial charge >= 0.3 is 0 Å². The Bertz CT molecular complexity index is 458. The van der Waals surface area contributed by atoms with Crippen molar-refractivity contribution in [3.63, 3.8) is 0 Å². The second-order valence-electron chi connectivity index (χ2n) is 5.81. The minimum Gasteiger partial charge on any atom is -0.383 e. The highest BCUT2D eigenvalue weighted by Crippen LogP contribution is 2.34. The molecule has 3 rings (SSSR count). The minimum absolute atomic E-state index is 0.0984. The normalized spacial score (nSPS) is 18.3. The molecular weight excluding hydrogens is 255 g/mol. The summed E-state index contributed by atoms with van der Waals surface area (Å²) in [6, 6.07) is 6.57. The first-order chi connectivity index (χ1) is 9.79. The molecule has 0 heterocycles. The summed E-state index contributed by atoms with van der Waals surface area (Å²) in [5, 5.41) is 3.43. The van der Waals surface area contributed by atoms with Gasteiger partial charge in [-0.3, -0.25) is 0 Å². The van der Waals surface area contributed by atoms with E-state index in [0.717, 1.165) is 17.8 Å². The third-order valence-corrected chi connectivity index (χ3v) is 4.07. The lowest BCUT2D eigenvalue weighted by Gasteiger charge is -2.27. The van der Waals surface area contributed by atoms with Crippen molar-refractivity contribution >= 4 is 5.69 Å². The number of hydrogen-bond donors (Lipinski definition) is 1. The van der Waals surface area contributed by atoms with Gasteiger partial charge in [-0.2, -0.15) is 0 Å². The number of methoxy groups -OCH3 is 1. The minimum atomic E-state index is -0.0984. The molecule has 1 aromatic rings. The summed E-state index contributed by atoms with van der Waals surface area (Å²) in [6.07, 6.45) is 4.85. The number of rotatable bonds is 8. The van der Waals surface area contributed by atoms with Crippen molar-refractivity contribution in [3.05, 3.63) is 29.6 Å². The van der Waals surface area contributed by atoms with Crippen molar-refractivity contribution in [2.75, 3.05) is 25.2 Å². The lowest BCUT2D eigenvalue weighted by atomic mass is 10.1. The zero-order valence-corrected chi connectivity index (χ0v) is 12.1. The maximum absolute atomic E-state index is 14.2. The van der Waals surface area contributed by atoms with Crippen LogP contribution in [0.3, 0.4) is 0 Å². The molecule has 0 amide bonds. The number of benzene rings is 1. The van der Waals surface area contributed by atoms with Crippen molar-refractivity contribution in [2.45, 2.75) is 44.3 Å². The monoisotopic (exact) mass is 278 g/mol. The van der Waals surface area contributed by atoms with Gasteiger partial charge in [-0.05, 0) is 37.8 Å². The van der Waals surface area contributed by atoms with Crippen molar-refractivity contribution in [1.29, 1.82) is 0 Å². The third-order valence-electron chi connectivity index (χ3n) is 4.07. The standard InChI is InChI=1S/C16H23FN2O/c1-20-10-9-19(13-7-8-13)16-4-2-3-15(17)14(16)11-18-12-5-6-12/h2-4,12-13,18H,5-11H2,1H3.